The topological polar surface area (TPSA) is 104 Å². The molecule has 3 fully saturated rings. The smallest absolute Gasteiger partial charge is 0.238 e. The van der Waals surface area contributed by atoms with Gasteiger partial charge in [-0.1, -0.05) is 79.9 Å². The van der Waals surface area contributed by atoms with Crippen LogP contribution in [-0.2, 0) is 25.8 Å². The van der Waals surface area contributed by atoms with Crippen LogP contribution < -0.4 is 14.5 Å². The quantitative estimate of drug-likeness (QED) is 0.160. The fourth-order valence-electron chi connectivity index (χ4n) is 8.24. The molecule has 4 aromatic carbocycles. The second-order valence-electron chi connectivity index (χ2n) is 13.0. The summed E-state index contributed by atoms with van der Waals surface area (Å²) in [4.78, 5) is 59.1. The highest BCUT2D eigenvalue weighted by Gasteiger charge is 2.62. The molecule has 6 unspecified atom stereocenters. The minimum atomic E-state index is -0.799. The van der Waals surface area contributed by atoms with Crippen LogP contribution in [0.3, 0.4) is 0 Å². The number of hydrogen-bond donors (Lipinski definition) is 1. The molecule has 1 saturated carbocycles. The molecule has 2 saturated heterocycles. The number of phenolic OH excluding ortho intramolecular Hbond substituents is 1. The molecule has 0 aromatic heterocycles. The number of anilines is 2. The average molecular weight is 782 g/mol. The molecule has 0 radical (unpaired) electrons. The Kier molecular flexibility index (Phi) is 8.03. The molecule has 246 valence electrons. The average Bonchev–Trinajstić information content (AvgIpc) is 3.51. The van der Waals surface area contributed by atoms with E-state index in [1.54, 1.807) is 60.7 Å². The minimum Gasteiger partial charge on any atom is -0.508 e. The van der Waals surface area contributed by atoms with Gasteiger partial charge in [0.15, 0.2) is 0 Å². The van der Waals surface area contributed by atoms with Crippen LogP contribution in [-0.4, -0.2) is 28.7 Å². The van der Waals surface area contributed by atoms with Crippen molar-refractivity contribution in [1.29, 1.82) is 0 Å². The molecule has 2 heterocycles. The number of ether oxygens (including phenoxy) is 1. The number of benzene rings is 4. The van der Waals surface area contributed by atoms with Crippen molar-refractivity contribution >= 4 is 66.9 Å². The van der Waals surface area contributed by atoms with Gasteiger partial charge in [0.25, 0.3) is 0 Å². The highest BCUT2D eigenvalue weighted by atomic mass is 79.9. The van der Waals surface area contributed by atoms with E-state index in [9.17, 15) is 24.3 Å². The number of nitrogens with zero attached hydrogens (tertiary/aromatic N) is 2. The predicted octanol–water partition coefficient (Wildman–Crippen LogP) is 7.54. The van der Waals surface area contributed by atoms with E-state index in [-0.39, 0.29) is 35.8 Å². The molecule has 4 aromatic rings. The van der Waals surface area contributed by atoms with Gasteiger partial charge in [0.1, 0.15) is 18.1 Å². The largest absolute Gasteiger partial charge is 0.508 e. The highest BCUT2D eigenvalue weighted by molar-refractivity contribution is 9.10. The summed E-state index contributed by atoms with van der Waals surface area (Å²) in [6, 6.07) is 28.8. The Balaban J connectivity index is 1.19. The molecular weight excluding hydrogens is 752 g/mol. The van der Waals surface area contributed by atoms with Crippen LogP contribution in [0.25, 0.3) is 0 Å². The standard InChI is InChI=1S/C39H30Br2N2O6/c40-22-6-10-24(11-7-22)42-36(45)29-17-16-27-30(34(29)38(42)47)19-31-35(39(48)43(37(31)46)25-12-8-23(41)9-13-25)33(27)28-15-14-26(18-32(28)44)49-20-21-4-2-1-3-5-21/h1-16,18,29-31,33-35,44H,17,19-20H2. The molecule has 8 nitrogen and oxygen atoms in total. The first-order valence-corrected chi connectivity index (χ1v) is 17.8. The number of carbonyl (C=O) groups excluding carboxylic acids is 4. The third-order valence-corrected chi connectivity index (χ3v) is 11.5. The Morgan fingerprint density at radius 1 is 0.673 bits per heavy atom. The highest BCUT2D eigenvalue weighted by Crippen LogP contribution is 2.59. The molecule has 2 aliphatic carbocycles. The molecule has 4 aliphatic rings. The Hall–Kier alpha value is -4.54. The van der Waals surface area contributed by atoms with Gasteiger partial charge in [-0.25, -0.2) is 0 Å². The number of phenols is 1. The number of fused-ring (bicyclic) bond motifs is 4. The summed E-state index contributed by atoms with van der Waals surface area (Å²) in [7, 11) is 0. The van der Waals surface area contributed by atoms with Crippen LogP contribution in [0.2, 0.25) is 0 Å². The number of hydrogen-bond acceptors (Lipinski definition) is 6. The van der Waals surface area contributed by atoms with Crippen molar-refractivity contribution in [1.82, 2.24) is 0 Å². The van der Waals surface area contributed by atoms with Gasteiger partial charge < -0.3 is 9.84 Å². The van der Waals surface area contributed by atoms with Crippen molar-refractivity contribution in [2.45, 2.75) is 25.4 Å². The first-order valence-electron chi connectivity index (χ1n) is 16.2. The van der Waals surface area contributed by atoms with Crippen LogP contribution in [0.5, 0.6) is 11.5 Å². The molecule has 2 aliphatic heterocycles. The molecule has 1 N–H and O–H groups in total. The number of rotatable bonds is 6. The van der Waals surface area contributed by atoms with E-state index >= 15 is 0 Å². The summed E-state index contributed by atoms with van der Waals surface area (Å²) in [6.45, 7) is 0.310. The first kappa shape index (κ1) is 31.7. The van der Waals surface area contributed by atoms with Crippen molar-refractivity contribution in [2.24, 2.45) is 29.6 Å². The van der Waals surface area contributed by atoms with E-state index in [0.29, 0.717) is 35.7 Å². The molecule has 49 heavy (non-hydrogen) atoms. The van der Waals surface area contributed by atoms with Crippen LogP contribution in [0.1, 0.15) is 29.9 Å². The van der Waals surface area contributed by atoms with E-state index in [0.717, 1.165) is 20.1 Å². The summed E-state index contributed by atoms with van der Waals surface area (Å²) in [5.41, 5.74) is 3.23. The summed E-state index contributed by atoms with van der Waals surface area (Å²) >= 11 is 6.85. The minimum absolute atomic E-state index is 0.0642. The Labute approximate surface area is 299 Å². The van der Waals surface area contributed by atoms with Crippen molar-refractivity contribution < 1.29 is 29.0 Å². The molecule has 4 amide bonds. The van der Waals surface area contributed by atoms with E-state index in [2.05, 4.69) is 31.9 Å². The summed E-state index contributed by atoms with van der Waals surface area (Å²) in [5.74, 6) is -4.85. The lowest BCUT2D eigenvalue weighted by Gasteiger charge is -2.44. The van der Waals surface area contributed by atoms with E-state index < -0.39 is 35.5 Å². The van der Waals surface area contributed by atoms with Crippen LogP contribution in [0.15, 0.2) is 118 Å². The number of allylic oxidation sites excluding steroid dienone is 2. The van der Waals surface area contributed by atoms with Gasteiger partial charge in [-0.3, -0.25) is 29.0 Å². The maximum absolute atomic E-state index is 14.4. The molecule has 6 atom stereocenters. The monoisotopic (exact) mass is 780 g/mol. The van der Waals surface area contributed by atoms with Gasteiger partial charge in [-0.05, 0) is 78.9 Å². The van der Waals surface area contributed by atoms with Crippen molar-refractivity contribution in [3.8, 4) is 11.5 Å². The summed E-state index contributed by atoms with van der Waals surface area (Å²) < 4.78 is 7.62. The maximum Gasteiger partial charge on any atom is 0.238 e. The maximum atomic E-state index is 14.4. The Morgan fingerprint density at radius 2 is 1.27 bits per heavy atom. The molecular formula is C39H30Br2N2O6. The second kappa shape index (κ2) is 12.4. The zero-order valence-corrected chi connectivity index (χ0v) is 29.2. The number of imide groups is 2. The lowest BCUT2D eigenvalue weighted by Crippen LogP contribution is -2.43. The third kappa shape index (κ3) is 5.32. The van der Waals surface area contributed by atoms with Crippen LogP contribution >= 0.6 is 31.9 Å². The van der Waals surface area contributed by atoms with Gasteiger partial charge in [-0.15, -0.1) is 0 Å². The number of aromatic hydroxyl groups is 1. The van der Waals surface area contributed by atoms with Crippen molar-refractivity contribution in [3.05, 3.63) is 129 Å². The lowest BCUT2D eigenvalue weighted by atomic mass is 9.57. The zero-order valence-electron chi connectivity index (χ0n) is 26.0. The number of carbonyl (C=O) groups is 4. The summed E-state index contributed by atoms with van der Waals surface area (Å²) in [5, 5.41) is 11.6. The van der Waals surface area contributed by atoms with Crippen LogP contribution in [0, 0.1) is 29.6 Å². The van der Waals surface area contributed by atoms with Gasteiger partial charge in [0.05, 0.1) is 35.0 Å². The first-order chi connectivity index (χ1) is 23.7. The Morgan fingerprint density at radius 3 is 1.88 bits per heavy atom. The van der Waals surface area contributed by atoms with Gasteiger partial charge >= 0.3 is 0 Å². The van der Waals surface area contributed by atoms with E-state index in [1.165, 1.54) is 15.9 Å². The molecule has 8 rings (SSSR count). The molecule has 10 heteroatoms. The van der Waals surface area contributed by atoms with Gasteiger partial charge in [-0.2, -0.15) is 0 Å². The summed E-state index contributed by atoms with van der Waals surface area (Å²) in [6.07, 6.45) is 2.54. The third-order valence-electron chi connectivity index (χ3n) is 10.4. The van der Waals surface area contributed by atoms with E-state index in [4.69, 9.17) is 4.74 Å². The van der Waals surface area contributed by atoms with Gasteiger partial charge in [0.2, 0.25) is 23.6 Å². The molecule has 0 spiro atoms. The fraction of sp³-hybridized carbons (Fsp3) is 0.231. The lowest BCUT2D eigenvalue weighted by molar-refractivity contribution is -0.126. The van der Waals surface area contributed by atoms with Crippen molar-refractivity contribution in [2.75, 3.05) is 9.80 Å². The molecule has 0 bridgehead atoms. The van der Waals surface area contributed by atoms with Gasteiger partial charge in [0, 0.05) is 26.5 Å². The fourth-order valence-corrected chi connectivity index (χ4v) is 8.77. The zero-order chi connectivity index (χ0) is 34.0. The predicted molar refractivity (Wildman–Crippen MR) is 190 cm³/mol. The number of halogens is 2. The van der Waals surface area contributed by atoms with E-state index in [1.807, 2.05) is 36.4 Å². The Bertz CT molecular complexity index is 2030. The SMILES string of the molecule is O=C1C2CC=C3C(CC4C(=O)N(c5ccc(Br)cc5)C(=O)C4C3c3ccc(OCc4ccccc4)cc3O)C2C(=O)N1c1ccc(Br)cc1. The number of amides is 4. The normalized spacial score (nSPS) is 26.0. The van der Waals surface area contributed by atoms with Crippen LogP contribution in [0.4, 0.5) is 11.4 Å². The van der Waals surface area contributed by atoms with Crippen molar-refractivity contribution in [3.63, 3.8) is 0 Å². The second-order valence-corrected chi connectivity index (χ2v) is 14.8.